The number of hydrogen-bond acceptors (Lipinski definition) is 6. The lowest BCUT2D eigenvalue weighted by Gasteiger charge is -2.29. The van der Waals surface area contributed by atoms with Crippen LogP contribution in [-0.2, 0) is 4.74 Å². The Morgan fingerprint density at radius 3 is 2.30 bits per heavy atom. The van der Waals surface area contributed by atoms with Crippen LogP contribution in [0.1, 0.15) is 0 Å². The smallest absolute Gasteiger partial charge is 0.186 e. The Hall–Kier alpha value is -1.44. The van der Waals surface area contributed by atoms with Gasteiger partial charge in [-0.2, -0.15) is 0 Å². The first-order valence-electron chi connectivity index (χ1n) is 5.82. The normalized spacial score (nSPS) is 17.9. The molecule has 0 saturated heterocycles. The maximum Gasteiger partial charge on any atom is 0.186 e. The number of ether oxygens (including phenoxy) is 3. The number of nitrogens with two attached hydrogens (primary N) is 1. The van der Waals surface area contributed by atoms with Crippen LogP contribution in [0, 0.1) is 0 Å². The van der Waals surface area contributed by atoms with Crippen LogP contribution in [-0.4, -0.2) is 31.9 Å². The van der Waals surface area contributed by atoms with Crippen molar-refractivity contribution in [2.45, 2.75) is 5.56 Å². The van der Waals surface area contributed by atoms with Crippen LogP contribution >= 0.6 is 24.0 Å². The molecular formula is C13H16N2O3S2. The van der Waals surface area contributed by atoms with Crippen LogP contribution < -0.4 is 20.1 Å². The number of nitrogens with zero attached hydrogens (tertiary/aromatic N) is 1. The summed E-state index contributed by atoms with van der Waals surface area (Å²) < 4.78 is 16.3. The van der Waals surface area contributed by atoms with Gasteiger partial charge in [0, 0.05) is 12.5 Å². The molecule has 2 rings (SSSR count). The fourth-order valence-electron chi connectivity index (χ4n) is 1.99. The van der Waals surface area contributed by atoms with Crippen molar-refractivity contribution in [2.24, 2.45) is 5.73 Å². The van der Waals surface area contributed by atoms with Crippen LogP contribution in [0.15, 0.2) is 29.3 Å². The lowest BCUT2D eigenvalue weighted by molar-refractivity contribution is 0.177. The SMILES string of the molecule is COc1cccc(OC)c1N1C(C(N)=S)=CSC1OC. The number of anilines is 1. The van der Waals surface area contributed by atoms with Crippen LogP contribution in [0.4, 0.5) is 5.69 Å². The van der Waals surface area contributed by atoms with Gasteiger partial charge < -0.3 is 19.9 Å². The minimum Gasteiger partial charge on any atom is -0.494 e. The summed E-state index contributed by atoms with van der Waals surface area (Å²) in [6.07, 6.45) is 0. The van der Waals surface area contributed by atoms with Crippen molar-refractivity contribution in [3.8, 4) is 11.5 Å². The first kappa shape index (κ1) is 15.0. The summed E-state index contributed by atoms with van der Waals surface area (Å²) in [7, 11) is 4.84. The van der Waals surface area contributed by atoms with Crippen molar-refractivity contribution in [1.82, 2.24) is 0 Å². The van der Waals surface area contributed by atoms with E-state index in [0.717, 1.165) is 5.69 Å². The van der Waals surface area contributed by atoms with Gasteiger partial charge in [0.2, 0.25) is 0 Å². The van der Waals surface area contributed by atoms with Gasteiger partial charge in [-0.25, -0.2) is 0 Å². The Kier molecular flexibility index (Phi) is 4.74. The number of thioether (sulfide) groups is 1. The highest BCUT2D eigenvalue weighted by molar-refractivity contribution is 8.03. The predicted molar refractivity (Wildman–Crippen MR) is 85.3 cm³/mol. The summed E-state index contributed by atoms with van der Waals surface area (Å²) in [5.74, 6) is 1.33. The fourth-order valence-corrected chi connectivity index (χ4v) is 3.16. The molecule has 1 heterocycles. The molecular weight excluding hydrogens is 296 g/mol. The molecule has 5 nitrogen and oxygen atoms in total. The summed E-state index contributed by atoms with van der Waals surface area (Å²) in [4.78, 5) is 2.18. The average Bonchev–Trinajstić information content (AvgIpc) is 2.89. The first-order chi connectivity index (χ1) is 9.63. The molecule has 0 radical (unpaired) electrons. The van der Waals surface area contributed by atoms with Crippen molar-refractivity contribution in [3.05, 3.63) is 29.3 Å². The lowest BCUT2D eigenvalue weighted by Crippen LogP contribution is -2.35. The fraction of sp³-hybridized carbons (Fsp3) is 0.308. The first-order valence-corrected chi connectivity index (χ1v) is 7.17. The van der Waals surface area contributed by atoms with E-state index >= 15 is 0 Å². The van der Waals surface area contributed by atoms with Crippen molar-refractivity contribution in [3.63, 3.8) is 0 Å². The highest BCUT2D eigenvalue weighted by atomic mass is 32.2. The minimum atomic E-state index is -0.267. The van der Waals surface area contributed by atoms with E-state index in [1.54, 1.807) is 21.3 Å². The number of para-hydroxylation sites is 1. The molecule has 0 aromatic heterocycles. The molecule has 0 amide bonds. The molecule has 1 aromatic carbocycles. The molecule has 0 fully saturated rings. The van der Waals surface area contributed by atoms with E-state index in [9.17, 15) is 0 Å². The van der Waals surface area contributed by atoms with E-state index in [4.69, 9.17) is 32.2 Å². The van der Waals surface area contributed by atoms with Crippen LogP contribution in [0.3, 0.4) is 0 Å². The van der Waals surface area contributed by atoms with Gasteiger partial charge in [0.15, 0.2) is 5.56 Å². The van der Waals surface area contributed by atoms with E-state index < -0.39 is 0 Å². The Morgan fingerprint density at radius 2 is 1.85 bits per heavy atom. The molecule has 20 heavy (non-hydrogen) atoms. The summed E-state index contributed by atoms with van der Waals surface area (Å²) in [6.45, 7) is 0. The molecule has 0 saturated carbocycles. The third-order valence-electron chi connectivity index (χ3n) is 2.86. The van der Waals surface area contributed by atoms with Crippen molar-refractivity contribution in [1.29, 1.82) is 0 Å². The topological polar surface area (TPSA) is 57.0 Å². The third-order valence-corrected chi connectivity index (χ3v) is 4.07. The van der Waals surface area contributed by atoms with Gasteiger partial charge in [0.05, 0.1) is 19.9 Å². The van der Waals surface area contributed by atoms with E-state index in [-0.39, 0.29) is 5.56 Å². The van der Waals surface area contributed by atoms with E-state index in [1.165, 1.54) is 11.8 Å². The largest absolute Gasteiger partial charge is 0.494 e. The zero-order valence-corrected chi connectivity index (χ0v) is 13.1. The minimum absolute atomic E-state index is 0.267. The van der Waals surface area contributed by atoms with Gasteiger partial charge in [-0.1, -0.05) is 30.0 Å². The molecule has 7 heteroatoms. The highest BCUT2D eigenvalue weighted by Crippen LogP contribution is 2.45. The summed E-state index contributed by atoms with van der Waals surface area (Å²) in [6, 6.07) is 5.56. The standard InChI is InChI=1S/C13H16N2O3S2/c1-16-9-5-4-6-10(17-2)11(9)15-8(12(14)19)7-20-13(15)18-3/h4-7,13H,1-3H3,(H2,14,19). The molecule has 1 unspecified atom stereocenters. The molecule has 0 aliphatic carbocycles. The number of rotatable bonds is 5. The Bertz CT molecular complexity index is 526. The maximum atomic E-state index is 5.80. The molecule has 0 bridgehead atoms. The summed E-state index contributed by atoms with van der Waals surface area (Å²) in [5, 5.41) is 1.88. The Balaban J connectivity index is 2.57. The zero-order valence-electron chi connectivity index (χ0n) is 11.5. The van der Waals surface area contributed by atoms with Crippen LogP contribution in [0.25, 0.3) is 0 Å². The van der Waals surface area contributed by atoms with Crippen molar-refractivity contribution < 1.29 is 14.2 Å². The number of benzene rings is 1. The quantitative estimate of drug-likeness (QED) is 0.837. The Labute approximate surface area is 127 Å². The molecule has 1 aliphatic heterocycles. The molecule has 1 aromatic rings. The predicted octanol–water partition coefficient (Wildman–Crippen LogP) is 2.31. The van der Waals surface area contributed by atoms with E-state index in [2.05, 4.69) is 0 Å². The molecule has 0 spiro atoms. The Morgan fingerprint density at radius 1 is 1.25 bits per heavy atom. The van der Waals surface area contributed by atoms with Crippen molar-refractivity contribution in [2.75, 3.05) is 26.2 Å². The van der Waals surface area contributed by atoms with E-state index in [1.807, 2.05) is 28.5 Å². The molecule has 1 atom stereocenters. The third kappa shape index (κ3) is 2.56. The van der Waals surface area contributed by atoms with Crippen LogP contribution in [0.5, 0.6) is 11.5 Å². The monoisotopic (exact) mass is 312 g/mol. The summed E-state index contributed by atoms with van der Waals surface area (Å²) >= 11 is 6.59. The van der Waals surface area contributed by atoms with Gasteiger partial charge in [-0.15, -0.1) is 0 Å². The number of methoxy groups -OCH3 is 3. The molecule has 108 valence electrons. The zero-order chi connectivity index (χ0) is 14.7. The molecule has 1 aliphatic rings. The second-order valence-corrected chi connectivity index (χ2v) is 5.28. The van der Waals surface area contributed by atoms with Gasteiger partial charge in [-0.3, -0.25) is 4.90 Å². The number of thiocarbonyl (C=S) groups is 1. The molecule has 2 N–H and O–H groups in total. The van der Waals surface area contributed by atoms with Gasteiger partial charge >= 0.3 is 0 Å². The number of hydrogen-bond donors (Lipinski definition) is 1. The van der Waals surface area contributed by atoms with E-state index in [0.29, 0.717) is 22.2 Å². The maximum absolute atomic E-state index is 5.80. The summed E-state index contributed by atoms with van der Waals surface area (Å²) in [5.41, 5.74) is 6.98. The lowest BCUT2D eigenvalue weighted by atomic mass is 10.2. The highest BCUT2D eigenvalue weighted by Gasteiger charge is 2.33. The van der Waals surface area contributed by atoms with Gasteiger partial charge in [0.25, 0.3) is 0 Å². The van der Waals surface area contributed by atoms with Crippen LogP contribution in [0.2, 0.25) is 0 Å². The van der Waals surface area contributed by atoms with Crippen molar-refractivity contribution >= 4 is 34.7 Å². The second-order valence-electron chi connectivity index (χ2n) is 3.93. The average molecular weight is 312 g/mol. The van der Waals surface area contributed by atoms with Gasteiger partial charge in [-0.05, 0) is 12.1 Å². The second kappa shape index (κ2) is 6.34. The van der Waals surface area contributed by atoms with Gasteiger partial charge in [0.1, 0.15) is 22.2 Å².